The SMILES string of the molecule is COC(=O)c1coc(CNC(C)c2ccc(C)cc2)c1. The molecule has 0 saturated carbocycles. The second-order valence-electron chi connectivity index (χ2n) is 4.81. The van der Waals surface area contributed by atoms with Gasteiger partial charge in [0.1, 0.15) is 12.0 Å². The Morgan fingerprint density at radius 1 is 1.35 bits per heavy atom. The first kappa shape index (κ1) is 14.3. The maximum Gasteiger partial charge on any atom is 0.341 e. The Morgan fingerprint density at radius 2 is 2.05 bits per heavy atom. The summed E-state index contributed by atoms with van der Waals surface area (Å²) in [6.45, 7) is 4.72. The summed E-state index contributed by atoms with van der Waals surface area (Å²) in [4.78, 5) is 11.3. The Bertz CT molecular complexity index is 572. The summed E-state index contributed by atoms with van der Waals surface area (Å²) < 4.78 is 9.97. The van der Waals surface area contributed by atoms with Crippen LogP contribution in [0.4, 0.5) is 0 Å². The molecule has 0 radical (unpaired) electrons. The van der Waals surface area contributed by atoms with Gasteiger partial charge in [0, 0.05) is 6.04 Å². The third-order valence-electron chi connectivity index (χ3n) is 3.23. The molecule has 0 aliphatic rings. The molecule has 1 aromatic heterocycles. The molecule has 0 fully saturated rings. The number of methoxy groups -OCH3 is 1. The van der Waals surface area contributed by atoms with Gasteiger partial charge < -0.3 is 14.5 Å². The van der Waals surface area contributed by atoms with Gasteiger partial charge in [-0.2, -0.15) is 0 Å². The number of aryl methyl sites for hydroxylation is 1. The zero-order valence-corrected chi connectivity index (χ0v) is 12.0. The highest BCUT2D eigenvalue weighted by Crippen LogP contribution is 2.15. The molecule has 4 heteroatoms. The van der Waals surface area contributed by atoms with Crippen molar-refractivity contribution in [3.63, 3.8) is 0 Å². The van der Waals surface area contributed by atoms with Crippen molar-refractivity contribution in [1.29, 1.82) is 0 Å². The Labute approximate surface area is 118 Å². The van der Waals surface area contributed by atoms with Crippen LogP contribution >= 0.6 is 0 Å². The van der Waals surface area contributed by atoms with Crippen molar-refractivity contribution in [3.8, 4) is 0 Å². The first-order valence-electron chi connectivity index (χ1n) is 6.56. The predicted octanol–water partition coefficient (Wildman–Crippen LogP) is 3.23. The monoisotopic (exact) mass is 273 g/mol. The first-order chi connectivity index (χ1) is 9.60. The van der Waals surface area contributed by atoms with Crippen molar-refractivity contribution in [2.75, 3.05) is 7.11 Å². The van der Waals surface area contributed by atoms with E-state index in [0.29, 0.717) is 17.9 Å². The number of carbonyl (C=O) groups excluding carboxylic acids is 1. The first-order valence-corrected chi connectivity index (χ1v) is 6.56. The van der Waals surface area contributed by atoms with E-state index < -0.39 is 0 Å². The maximum atomic E-state index is 11.3. The van der Waals surface area contributed by atoms with Crippen LogP contribution in [0.1, 0.15) is 40.2 Å². The molecule has 0 aliphatic heterocycles. The Hall–Kier alpha value is -2.07. The number of rotatable bonds is 5. The molecule has 4 nitrogen and oxygen atoms in total. The van der Waals surface area contributed by atoms with Crippen LogP contribution in [-0.2, 0) is 11.3 Å². The van der Waals surface area contributed by atoms with E-state index in [4.69, 9.17) is 4.42 Å². The summed E-state index contributed by atoms with van der Waals surface area (Å²) in [6, 6.07) is 10.3. The van der Waals surface area contributed by atoms with E-state index in [9.17, 15) is 4.79 Å². The van der Waals surface area contributed by atoms with E-state index in [1.807, 2.05) is 0 Å². The molecule has 1 heterocycles. The third-order valence-corrected chi connectivity index (χ3v) is 3.23. The molecule has 106 valence electrons. The number of ether oxygens (including phenoxy) is 1. The molecule has 1 N–H and O–H groups in total. The highest BCUT2D eigenvalue weighted by atomic mass is 16.5. The standard InChI is InChI=1S/C16H19NO3/c1-11-4-6-13(7-5-11)12(2)17-9-15-8-14(10-20-15)16(18)19-3/h4-8,10,12,17H,9H2,1-3H3. The van der Waals surface area contributed by atoms with Gasteiger partial charge in [-0.05, 0) is 25.5 Å². The summed E-state index contributed by atoms with van der Waals surface area (Å²) >= 11 is 0. The second-order valence-corrected chi connectivity index (χ2v) is 4.81. The number of hydrogen-bond acceptors (Lipinski definition) is 4. The Kier molecular flexibility index (Phi) is 4.58. The zero-order chi connectivity index (χ0) is 14.5. The lowest BCUT2D eigenvalue weighted by molar-refractivity contribution is 0.0600. The normalized spacial score (nSPS) is 12.2. The van der Waals surface area contributed by atoms with E-state index in [1.165, 1.54) is 24.5 Å². The Balaban J connectivity index is 1.93. The van der Waals surface area contributed by atoms with Crippen molar-refractivity contribution in [3.05, 3.63) is 59.0 Å². The highest BCUT2D eigenvalue weighted by Gasteiger charge is 2.11. The average Bonchev–Trinajstić information content (AvgIpc) is 2.93. The zero-order valence-electron chi connectivity index (χ0n) is 12.0. The Morgan fingerprint density at radius 3 is 2.70 bits per heavy atom. The molecule has 0 spiro atoms. The fraction of sp³-hybridized carbons (Fsp3) is 0.312. The fourth-order valence-corrected chi connectivity index (χ4v) is 1.92. The molecule has 0 aliphatic carbocycles. The van der Waals surface area contributed by atoms with Gasteiger partial charge in [0.15, 0.2) is 0 Å². The third kappa shape index (κ3) is 3.48. The molecule has 1 unspecified atom stereocenters. The molecule has 1 aromatic carbocycles. The van der Waals surface area contributed by atoms with Crippen LogP contribution in [-0.4, -0.2) is 13.1 Å². The minimum Gasteiger partial charge on any atom is -0.467 e. The lowest BCUT2D eigenvalue weighted by Crippen LogP contribution is -2.17. The molecule has 1 atom stereocenters. The van der Waals surface area contributed by atoms with Crippen LogP contribution in [0.25, 0.3) is 0 Å². The highest BCUT2D eigenvalue weighted by molar-refractivity contribution is 5.88. The van der Waals surface area contributed by atoms with Gasteiger partial charge in [-0.15, -0.1) is 0 Å². The predicted molar refractivity (Wildman–Crippen MR) is 76.5 cm³/mol. The van der Waals surface area contributed by atoms with E-state index in [0.717, 1.165) is 0 Å². The van der Waals surface area contributed by atoms with E-state index in [-0.39, 0.29) is 12.0 Å². The molecule has 20 heavy (non-hydrogen) atoms. The van der Waals surface area contributed by atoms with Crippen molar-refractivity contribution in [1.82, 2.24) is 5.32 Å². The van der Waals surface area contributed by atoms with Gasteiger partial charge in [0.2, 0.25) is 0 Å². The quantitative estimate of drug-likeness (QED) is 0.850. The van der Waals surface area contributed by atoms with Crippen molar-refractivity contribution >= 4 is 5.97 Å². The van der Waals surface area contributed by atoms with E-state index in [2.05, 4.69) is 48.2 Å². The fourth-order valence-electron chi connectivity index (χ4n) is 1.92. The molecule has 2 aromatic rings. The minimum absolute atomic E-state index is 0.210. The van der Waals surface area contributed by atoms with Crippen LogP contribution in [0.3, 0.4) is 0 Å². The van der Waals surface area contributed by atoms with Gasteiger partial charge in [-0.1, -0.05) is 29.8 Å². The number of esters is 1. The number of benzene rings is 1. The smallest absolute Gasteiger partial charge is 0.341 e. The van der Waals surface area contributed by atoms with Gasteiger partial charge in [-0.3, -0.25) is 0 Å². The van der Waals surface area contributed by atoms with Gasteiger partial charge in [0.05, 0.1) is 19.2 Å². The summed E-state index contributed by atoms with van der Waals surface area (Å²) in [5.74, 6) is 0.330. The van der Waals surface area contributed by atoms with E-state index >= 15 is 0 Å². The molecular weight excluding hydrogens is 254 g/mol. The molecule has 0 amide bonds. The number of hydrogen-bond donors (Lipinski definition) is 1. The number of furan rings is 1. The minimum atomic E-state index is -0.383. The topological polar surface area (TPSA) is 51.5 Å². The number of carbonyl (C=O) groups is 1. The summed E-state index contributed by atoms with van der Waals surface area (Å²) in [5.41, 5.74) is 2.90. The van der Waals surface area contributed by atoms with Crippen molar-refractivity contribution in [2.45, 2.75) is 26.4 Å². The summed E-state index contributed by atoms with van der Waals surface area (Å²) in [6.07, 6.45) is 1.42. The van der Waals surface area contributed by atoms with Crippen LogP contribution in [0.2, 0.25) is 0 Å². The van der Waals surface area contributed by atoms with Crippen LogP contribution in [0, 0.1) is 6.92 Å². The summed E-state index contributed by atoms with van der Waals surface area (Å²) in [7, 11) is 1.35. The van der Waals surface area contributed by atoms with Crippen LogP contribution < -0.4 is 5.32 Å². The van der Waals surface area contributed by atoms with Crippen molar-refractivity contribution in [2.24, 2.45) is 0 Å². The average molecular weight is 273 g/mol. The van der Waals surface area contributed by atoms with Gasteiger partial charge >= 0.3 is 5.97 Å². The lowest BCUT2D eigenvalue weighted by atomic mass is 10.1. The number of nitrogens with one attached hydrogen (secondary N) is 1. The molecule has 0 bridgehead atoms. The molecule has 0 saturated heterocycles. The van der Waals surface area contributed by atoms with Crippen molar-refractivity contribution < 1.29 is 13.9 Å². The molecular formula is C16H19NO3. The van der Waals surface area contributed by atoms with Gasteiger partial charge in [0.25, 0.3) is 0 Å². The maximum absolute atomic E-state index is 11.3. The summed E-state index contributed by atoms with van der Waals surface area (Å²) in [5, 5.41) is 3.36. The largest absolute Gasteiger partial charge is 0.467 e. The molecule has 2 rings (SSSR count). The van der Waals surface area contributed by atoms with Crippen LogP contribution in [0.5, 0.6) is 0 Å². The lowest BCUT2D eigenvalue weighted by Gasteiger charge is -2.13. The van der Waals surface area contributed by atoms with E-state index in [1.54, 1.807) is 6.07 Å². The van der Waals surface area contributed by atoms with Gasteiger partial charge in [-0.25, -0.2) is 4.79 Å². The second kappa shape index (κ2) is 6.39. The van der Waals surface area contributed by atoms with Crippen LogP contribution in [0.15, 0.2) is 41.0 Å².